The summed E-state index contributed by atoms with van der Waals surface area (Å²) >= 11 is 0. The number of anilines is 1. The largest absolute Gasteiger partial charge is 0.381 e. The molecule has 0 radical (unpaired) electrons. The molecule has 0 unspecified atom stereocenters. The number of rotatable bonds is 3. The molecule has 3 nitrogen and oxygen atoms in total. The zero-order valence-corrected chi connectivity index (χ0v) is 10.9. The number of hydrogen-bond donors (Lipinski definition) is 1. The van der Waals surface area contributed by atoms with Gasteiger partial charge in [0.1, 0.15) is 0 Å². The van der Waals surface area contributed by atoms with Gasteiger partial charge in [-0.2, -0.15) is 5.26 Å². The maximum Gasteiger partial charge on any atom is 0.0992 e. The summed E-state index contributed by atoms with van der Waals surface area (Å²) < 4.78 is 0. The number of pyridine rings is 1. The quantitative estimate of drug-likeness (QED) is 0.779. The predicted octanol–water partition coefficient (Wildman–Crippen LogP) is 3.72. The summed E-state index contributed by atoms with van der Waals surface area (Å²) in [6.07, 6.45) is 3.75. The fourth-order valence-corrected chi connectivity index (χ4v) is 2.22. The molecule has 0 aliphatic carbocycles. The van der Waals surface area contributed by atoms with Crippen molar-refractivity contribution in [1.29, 1.82) is 5.26 Å². The number of nitriles is 1. The zero-order chi connectivity index (χ0) is 13.8. The first-order valence-electron chi connectivity index (χ1n) is 6.42. The molecule has 0 fully saturated rings. The number of fused-ring (bicyclic) bond motifs is 1. The lowest BCUT2D eigenvalue weighted by Crippen LogP contribution is -2.00. The first-order valence-corrected chi connectivity index (χ1v) is 6.42. The third-order valence-electron chi connectivity index (χ3n) is 3.23. The Morgan fingerprint density at radius 1 is 1.05 bits per heavy atom. The molecule has 20 heavy (non-hydrogen) atoms. The molecule has 1 N–H and O–H groups in total. The van der Waals surface area contributed by atoms with Crippen molar-refractivity contribution < 1.29 is 0 Å². The van der Waals surface area contributed by atoms with E-state index in [0.717, 1.165) is 16.6 Å². The van der Waals surface area contributed by atoms with Crippen LogP contribution in [0.5, 0.6) is 0 Å². The number of hydrogen-bond acceptors (Lipinski definition) is 3. The number of benzene rings is 2. The van der Waals surface area contributed by atoms with Gasteiger partial charge in [0, 0.05) is 30.0 Å². The minimum Gasteiger partial charge on any atom is -0.381 e. The Morgan fingerprint density at radius 3 is 2.85 bits per heavy atom. The summed E-state index contributed by atoms with van der Waals surface area (Å²) in [4.78, 5) is 4.27. The van der Waals surface area contributed by atoms with E-state index in [1.807, 2.05) is 42.7 Å². The van der Waals surface area contributed by atoms with Gasteiger partial charge in [-0.1, -0.05) is 30.3 Å². The summed E-state index contributed by atoms with van der Waals surface area (Å²) in [6.45, 7) is 0.684. The van der Waals surface area contributed by atoms with Crippen LogP contribution < -0.4 is 5.32 Å². The monoisotopic (exact) mass is 259 g/mol. The Labute approximate surface area is 117 Å². The zero-order valence-electron chi connectivity index (χ0n) is 10.9. The topological polar surface area (TPSA) is 48.7 Å². The smallest absolute Gasteiger partial charge is 0.0992 e. The van der Waals surface area contributed by atoms with Crippen LogP contribution in [0.3, 0.4) is 0 Å². The van der Waals surface area contributed by atoms with Gasteiger partial charge in [0.05, 0.1) is 11.6 Å². The normalized spacial score (nSPS) is 10.2. The van der Waals surface area contributed by atoms with Crippen LogP contribution in [-0.4, -0.2) is 4.98 Å². The van der Waals surface area contributed by atoms with Crippen LogP contribution in [0.25, 0.3) is 10.8 Å². The van der Waals surface area contributed by atoms with Crippen LogP contribution in [0.1, 0.15) is 11.1 Å². The number of aromatic nitrogens is 1. The first kappa shape index (κ1) is 12.2. The lowest BCUT2D eigenvalue weighted by atomic mass is 10.1. The molecule has 0 bridgehead atoms. The average Bonchev–Trinajstić information content (AvgIpc) is 2.53. The molecule has 1 heterocycles. The maximum absolute atomic E-state index is 8.90. The maximum atomic E-state index is 8.90. The van der Waals surface area contributed by atoms with Gasteiger partial charge in [0.15, 0.2) is 0 Å². The second-order valence-corrected chi connectivity index (χ2v) is 4.57. The van der Waals surface area contributed by atoms with Crippen LogP contribution in [0, 0.1) is 11.3 Å². The SMILES string of the molecule is N#Cc1cccc(NCc2cncc3ccccc23)c1. The lowest BCUT2D eigenvalue weighted by molar-refractivity contribution is 1.14. The molecule has 0 aliphatic heterocycles. The molecule has 0 atom stereocenters. The van der Waals surface area contributed by atoms with E-state index in [0.29, 0.717) is 12.1 Å². The molecule has 0 saturated heterocycles. The van der Waals surface area contributed by atoms with Crippen LogP contribution in [-0.2, 0) is 6.54 Å². The minimum atomic E-state index is 0.658. The van der Waals surface area contributed by atoms with E-state index in [4.69, 9.17) is 5.26 Å². The summed E-state index contributed by atoms with van der Waals surface area (Å²) in [5.41, 5.74) is 2.74. The van der Waals surface area contributed by atoms with E-state index in [9.17, 15) is 0 Å². The van der Waals surface area contributed by atoms with Crippen molar-refractivity contribution in [3.8, 4) is 6.07 Å². The third-order valence-corrected chi connectivity index (χ3v) is 3.23. The summed E-state index contributed by atoms with van der Waals surface area (Å²) in [6, 6.07) is 17.8. The Kier molecular flexibility index (Phi) is 3.30. The van der Waals surface area contributed by atoms with Gasteiger partial charge in [-0.3, -0.25) is 4.98 Å². The Hall–Kier alpha value is -2.86. The van der Waals surface area contributed by atoms with Crippen molar-refractivity contribution in [3.05, 3.63) is 72.1 Å². The molecular formula is C17H13N3. The molecule has 3 rings (SSSR count). The molecule has 3 aromatic rings. The fraction of sp³-hybridized carbons (Fsp3) is 0.0588. The summed E-state index contributed by atoms with van der Waals surface area (Å²) in [5.74, 6) is 0. The molecule has 0 spiro atoms. The molecule has 1 aromatic heterocycles. The standard InChI is InChI=1S/C17H13N3/c18-9-13-4-3-6-16(8-13)20-12-15-11-19-10-14-5-1-2-7-17(14)15/h1-8,10-11,20H,12H2. The van der Waals surface area contributed by atoms with Crippen molar-refractivity contribution >= 4 is 16.5 Å². The minimum absolute atomic E-state index is 0.658. The van der Waals surface area contributed by atoms with Crippen LogP contribution in [0.2, 0.25) is 0 Å². The van der Waals surface area contributed by atoms with E-state index < -0.39 is 0 Å². The fourth-order valence-electron chi connectivity index (χ4n) is 2.22. The number of nitrogens with zero attached hydrogens (tertiary/aromatic N) is 2. The molecule has 0 aliphatic rings. The molecule has 2 aromatic carbocycles. The average molecular weight is 259 g/mol. The van der Waals surface area contributed by atoms with E-state index in [2.05, 4.69) is 28.5 Å². The van der Waals surface area contributed by atoms with Crippen molar-refractivity contribution in [2.75, 3.05) is 5.32 Å². The highest BCUT2D eigenvalue weighted by Gasteiger charge is 2.01. The van der Waals surface area contributed by atoms with Gasteiger partial charge >= 0.3 is 0 Å². The van der Waals surface area contributed by atoms with Gasteiger partial charge in [-0.25, -0.2) is 0 Å². The highest BCUT2D eigenvalue weighted by atomic mass is 14.9. The van der Waals surface area contributed by atoms with Crippen molar-refractivity contribution in [1.82, 2.24) is 4.98 Å². The van der Waals surface area contributed by atoms with Crippen LogP contribution >= 0.6 is 0 Å². The number of nitrogens with one attached hydrogen (secondary N) is 1. The lowest BCUT2D eigenvalue weighted by Gasteiger charge is -2.09. The third kappa shape index (κ3) is 2.45. The van der Waals surface area contributed by atoms with Crippen molar-refractivity contribution in [2.24, 2.45) is 0 Å². The van der Waals surface area contributed by atoms with E-state index in [-0.39, 0.29) is 0 Å². The van der Waals surface area contributed by atoms with E-state index in [1.165, 1.54) is 5.39 Å². The second kappa shape index (κ2) is 5.41. The second-order valence-electron chi connectivity index (χ2n) is 4.57. The van der Waals surface area contributed by atoms with Crippen LogP contribution in [0.4, 0.5) is 5.69 Å². The van der Waals surface area contributed by atoms with Gasteiger partial charge in [0.2, 0.25) is 0 Å². The van der Waals surface area contributed by atoms with Crippen molar-refractivity contribution in [2.45, 2.75) is 6.54 Å². The molecular weight excluding hydrogens is 246 g/mol. The Balaban J connectivity index is 1.85. The van der Waals surface area contributed by atoms with E-state index in [1.54, 1.807) is 6.07 Å². The molecule has 3 heteroatoms. The van der Waals surface area contributed by atoms with E-state index >= 15 is 0 Å². The molecule has 0 saturated carbocycles. The van der Waals surface area contributed by atoms with Gasteiger partial charge in [-0.05, 0) is 29.1 Å². The van der Waals surface area contributed by atoms with Gasteiger partial charge in [0.25, 0.3) is 0 Å². The Morgan fingerprint density at radius 2 is 1.95 bits per heavy atom. The Bertz CT molecular complexity index is 782. The molecule has 96 valence electrons. The van der Waals surface area contributed by atoms with Crippen molar-refractivity contribution in [3.63, 3.8) is 0 Å². The van der Waals surface area contributed by atoms with Crippen LogP contribution in [0.15, 0.2) is 60.9 Å². The summed E-state index contributed by atoms with van der Waals surface area (Å²) in [7, 11) is 0. The van der Waals surface area contributed by atoms with Gasteiger partial charge < -0.3 is 5.32 Å². The molecule has 0 amide bonds. The van der Waals surface area contributed by atoms with Gasteiger partial charge in [-0.15, -0.1) is 0 Å². The predicted molar refractivity (Wildman–Crippen MR) is 80.2 cm³/mol. The summed E-state index contributed by atoms with van der Waals surface area (Å²) in [5, 5.41) is 14.6. The highest BCUT2D eigenvalue weighted by molar-refractivity contribution is 5.84. The highest BCUT2D eigenvalue weighted by Crippen LogP contribution is 2.18. The first-order chi connectivity index (χ1) is 9.86.